The molecule has 0 amide bonds. The summed E-state index contributed by atoms with van der Waals surface area (Å²) in [6.45, 7) is 14.2. The molecule has 3 N–H and O–H groups in total. The van der Waals surface area contributed by atoms with Crippen LogP contribution >= 0.6 is 15.6 Å². The highest BCUT2D eigenvalue weighted by Gasteiger charge is 2.30. The van der Waals surface area contributed by atoms with Crippen molar-refractivity contribution in [3.8, 4) is 0 Å². The van der Waals surface area contributed by atoms with E-state index in [1.54, 1.807) is 0 Å². The highest BCUT2D eigenvalue weighted by Crippen LogP contribution is 2.45. The van der Waals surface area contributed by atoms with Crippen LogP contribution in [0.3, 0.4) is 0 Å². The number of aliphatic hydroxyl groups excluding tert-OH is 1. The Hall–Kier alpha value is -1.94. The normalized spacial score (nSPS) is 14.1. The van der Waals surface area contributed by atoms with Gasteiger partial charge in [0.1, 0.15) is 19.3 Å². The Morgan fingerprint density at radius 1 is 0.263 bits per heavy atom. The third-order valence-electron chi connectivity index (χ3n) is 17.6. The monoisotopic (exact) mass is 1400 g/mol. The van der Waals surface area contributed by atoms with Gasteiger partial charge in [0.15, 0.2) is 12.2 Å². The summed E-state index contributed by atoms with van der Waals surface area (Å²) >= 11 is 0. The van der Waals surface area contributed by atoms with Crippen molar-refractivity contribution in [1.82, 2.24) is 0 Å². The van der Waals surface area contributed by atoms with Gasteiger partial charge in [-0.05, 0) is 49.4 Å². The molecule has 0 aromatic heterocycles. The van der Waals surface area contributed by atoms with Crippen LogP contribution in [0, 0.1) is 23.7 Å². The fraction of sp³-hybridized carbons (Fsp3) is 0.947. The van der Waals surface area contributed by atoms with Gasteiger partial charge in [0.25, 0.3) is 0 Å². The summed E-state index contributed by atoms with van der Waals surface area (Å²) in [5.41, 5.74) is 0. The number of phosphoric ester groups is 2. The van der Waals surface area contributed by atoms with Crippen molar-refractivity contribution in [1.29, 1.82) is 0 Å². The van der Waals surface area contributed by atoms with E-state index in [2.05, 4.69) is 55.4 Å². The summed E-state index contributed by atoms with van der Waals surface area (Å²) in [5, 5.41) is 10.6. The van der Waals surface area contributed by atoms with Crippen LogP contribution in [-0.4, -0.2) is 96.7 Å². The van der Waals surface area contributed by atoms with E-state index in [0.717, 1.165) is 114 Å². The minimum atomic E-state index is -4.96. The lowest BCUT2D eigenvalue weighted by molar-refractivity contribution is -0.161. The van der Waals surface area contributed by atoms with E-state index in [1.165, 1.54) is 180 Å². The second-order valence-electron chi connectivity index (χ2n) is 29.3. The Morgan fingerprint density at radius 2 is 0.442 bits per heavy atom. The number of hydrogen-bond acceptors (Lipinski definition) is 15. The van der Waals surface area contributed by atoms with E-state index in [4.69, 9.17) is 37.0 Å². The maximum absolute atomic E-state index is 13.1. The first-order chi connectivity index (χ1) is 45.6. The van der Waals surface area contributed by atoms with E-state index in [-0.39, 0.29) is 25.7 Å². The molecule has 0 saturated carbocycles. The molecule has 0 aliphatic heterocycles. The minimum absolute atomic E-state index is 0.106. The number of rotatable bonds is 73. The second-order valence-corrected chi connectivity index (χ2v) is 32.2. The van der Waals surface area contributed by atoms with Crippen molar-refractivity contribution in [2.24, 2.45) is 23.7 Å². The number of unbranched alkanes of at least 4 members (excludes halogenated alkanes) is 39. The second kappa shape index (κ2) is 65.4. The van der Waals surface area contributed by atoms with Gasteiger partial charge in [0, 0.05) is 25.7 Å². The zero-order valence-corrected chi connectivity index (χ0v) is 64.1. The maximum Gasteiger partial charge on any atom is 0.472 e. The molecule has 17 nitrogen and oxygen atoms in total. The fourth-order valence-corrected chi connectivity index (χ4v) is 13.1. The van der Waals surface area contributed by atoms with Crippen LogP contribution in [0.1, 0.15) is 383 Å². The van der Waals surface area contributed by atoms with Gasteiger partial charge in [-0.2, -0.15) is 0 Å². The van der Waals surface area contributed by atoms with E-state index in [9.17, 15) is 43.2 Å². The Bertz CT molecular complexity index is 1870. The van der Waals surface area contributed by atoms with Crippen molar-refractivity contribution in [3.63, 3.8) is 0 Å². The van der Waals surface area contributed by atoms with Gasteiger partial charge < -0.3 is 33.8 Å². The van der Waals surface area contributed by atoms with Crippen LogP contribution in [0.25, 0.3) is 0 Å². The first kappa shape index (κ1) is 93.1. The van der Waals surface area contributed by atoms with E-state index >= 15 is 0 Å². The van der Waals surface area contributed by atoms with Crippen LogP contribution in [0.15, 0.2) is 0 Å². The van der Waals surface area contributed by atoms with Crippen LogP contribution in [0.2, 0.25) is 0 Å². The minimum Gasteiger partial charge on any atom is -0.462 e. The summed E-state index contributed by atoms with van der Waals surface area (Å²) < 4.78 is 68.5. The summed E-state index contributed by atoms with van der Waals surface area (Å²) in [5.74, 6) is 0.895. The number of esters is 4. The number of hydrogen-bond donors (Lipinski definition) is 3. The Balaban J connectivity index is 5.22. The molecule has 0 heterocycles. The van der Waals surface area contributed by atoms with Gasteiger partial charge in [-0.25, -0.2) is 9.13 Å². The highest BCUT2D eigenvalue weighted by atomic mass is 31.2. The molecule has 0 aromatic rings. The molecule has 5 atom stereocenters. The number of aliphatic hydroxyl groups is 1. The van der Waals surface area contributed by atoms with Crippen molar-refractivity contribution in [2.75, 3.05) is 39.6 Å². The first-order valence-corrected chi connectivity index (χ1v) is 42.2. The van der Waals surface area contributed by atoms with Crippen molar-refractivity contribution < 1.29 is 80.2 Å². The third-order valence-corrected chi connectivity index (χ3v) is 19.5. The SMILES string of the molecule is CC(C)CCCCCCCCCCCCCCCCCCC(=O)O[C@H](COC(=O)CCCCCCCCCCC(C)C)COP(=O)(O)OCC(O)COP(=O)(O)OC[C@@H](COC(=O)CCCCCCCCCC(C)C)OC(=O)CCCCCCCCCCCCCCC(C)C. The Labute approximate surface area is 581 Å². The molecule has 0 aliphatic rings. The quantitative estimate of drug-likeness (QED) is 0.0222. The molecule has 0 fully saturated rings. The van der Waals surface area contributed by atoms with E-state index < -0.39 is 97.5 Å². The van der Waals surface area contributed by atoms with Gasteiger partial charge in [0.2, 0.25) is 0 Å². The molecule has 3 unspecified atom stereocenters. The van der Waals surface area contributed by atoms with Crippen LogP contribution in [0.4, 0.5) is 0 Å². The van der Waals surface area contributed by atoms with Gasteiger partial charge in [-0.15, -0.1) is 0 Å². The predicted molar refractivity (Wildman–Crippen MR) is 386 cm³/mol. The van der Waals surface area contributed by atoms with Crippen molar-refractivity contribution in [3.05, 3.63) is 0 Å². The zero-order valence-electron chi connectivity index (χ0n) is 62.3. The average molecular weight is 1400 g/mol. The van der Waals surface area contributed by atoms with E-state index in [0.29, 0.717) is 31.6 Å². The average Bonchev–Trinajstić information content (AvgIpc) is 1.70. The summed E-state index contributed by atoms with van der Waals surface area (Å²) in [7, 11) is -9.91. The Kier molecular flexibility index (Phi) is 64.0. The number of carbonyl (C=O) groups is 4. The van der Waals surface area contributed by atoms with Crippen LogP contribution in [0.5, 0.6) is 0 Å². The smallest absolute Gasteiger partial charge is 0.462 e. The lowest BCUT2D eigenvalue weighted by atomic mass is 10.0. The molecule has 0 aromatic carbocycles. The predicted octanol–water partition coefficient (Wildman–Crippen LogP) is 22.0. The number of carbonyl (C=O) groups excluding carboxylic acids is 4. The van der Waals surface area contributed by atoms with Gasteiger partial charge in [0.05, 0.1) is 26.4 Å². The summed E-state index contributed by atoms with van der Waals surface area (Å²) in [4.78, 5) is 72.8. The molecule has 95 heavy (non-hydrogen) atoms. The molecule has 0 saturated heterocycles. The molecular formula is C76H148O17P2. The van der Waals surface area contributed by atoms with Crippen molar-refractivity contribution in [2.45, 2.75) is 401 Å². The molecule has 0 radical (unpaired) electrons. The number of ether oxygens (including phenoxy) is 4. The largest absolute Gasteiger partial charge is 0.472 e. The van der Waals surface area contributed by atoms with Gasteiger partial charge in [-0.1, -0.05) is 331 Å². The third kappa shape index (κ3) is 70.3. The highest BCUT2D eigenvalue weighted by molar-refractivity contribution is 7.47. The van der Waals surface area contributed by atoms with Gasteiger partial charge in [-0.3, -0.25) is 37.3 Å². The van der Waals surface area contributed by atoms with Crippen molar-refractivity contribution >= 4 is 39.5 Å². The number of phosphoric acid groups is 2. The first-order valence-electron chi connectivity index (χ1n) is 39.2. The van der Waals surface area contributed by atoms with E-state index in [1.807, 2.05) is 0 Å². The lowest BCUT2D eigenvalue weighted by Gasteiger charge is -2.21. The lowest BCUT2D eigenvalue weighted by Crippen LogP contribution is -2.30. The molecule has 0 bridgehead atoms. The summed E-state index contributed by atoms with van der Waals surface area (Å²) in [6, 6.07) is 0. The topological polar surface area (TPSA) is 237 Å². The van der Waals surface area contributed by atoms with Crippen LogP contribution in [-0.2, 0) is 65.4 Å². The molecule has 0 spiro atoms. The molecular weight excluding hydrogens is 1250 g/mol. The summed E-state index contributed by atoms with van der Waals surface area (Å²) in [6.07, 6.45) is 50.1. The molecule has 0 aliphatic carbocycles. The zero-order chi connectivity index (χ0) is 70.3. The Morgan fingerprint density at radius 3 is 0.653 bits per heavy atom. The van der Waals surface area contributed by atoms with Gasteiger partial charge >= 0.3 is 39.5 Å². The standard InChI is InChI=1S/C76H148O17P2/c1-66(2)52-44-36-28-21-17-13-11-9-10-12-14-19-23-33-42-50-58-75(80)92-71(62-86-73(78)56-48-40-32-26-25-30-38-46-54-68(5)6)64-90-94(82,83)88-60-70(77)61-89-95(84,85)91-65-72(63-87-74(79)57-49-41-35-27-31-39-47-55-69(7)8)93-76(81)59-51-43-34-24-20-16-15-18-22-29-37-45-53-67(3)4/h66-72,77H,9-65H2,1-8H3,(H,82,83)(H,84,85)/t70?,71-,72-/m1/s1. The molecule has 19 heteroatoms. The fourth-order valence-electron chi connectivity index (χ4n) is 11.6. The van der Waals surface area contributed by atoms with Crippen LogP contribution < -0.4 is 0 Å². The maximum atomic E-state index is 13.1. The molecule has 0 rings (SSSR count). The molecule has 564 valence electrons.